The summed E-state index contributed by atoms with van der Waals surface area (Å²) in [5.74, 6) is -2.11. The number of rotatable bonds is 7. The molecule has 2 aliphatic carbocycles. The number of fused-ring (bicyclic) bond motifs is 1. The molecule has 0 aliphatic heterocycles. The number of halogens is 2. The van der Waals surface area contributed by atoms with Crippen molar-refractivity contribution in [3.8, 4) is 5.69 Å². The predicted molar refractivity (Wildman–Crippen MR) is 141 cm³/mol. The van der Waals surface area contributed by atoms with Crippen LogP contribution in [0.3, 0.4) is 0 Å². The van der Waals surface area contributed by atoms with Gasteiger partial charge in [0.25, 0.3) is 0 Å². The Morgan fingerprint density at radius 3 is 2.41 bits per heavy atom. The van der Waals surface area contributed by atoms with Gasteiger partial charge >= 0.3 is 5.97 Å². The molecule has 0 spiro atoms. The number of carbonyl (C=O) groups excluding carboxylic acids is 1. The van der Waals surface area contributed by atoms with Gasteiger partial charge in [-0.3, -0.25) is 4.79 Å². The van der Waals surface area contributed by atoms with Crippen molar-refractivity contribution in [1.29, 1.82) is 0 Å². The van der Waals surface area contributed by atoms with E-state index in [1.807, 2.05) is 28.9 Å². The fourth-order valence-corrected chi connectivity index (χ4v) is 6.21. The van der Waals surface area contributed by atoms with Crippen molar-refractivity contribution >= 4 is 23.4 Å². The van der Waals surface area contributed by atoms with Gasteiger partial charge in [0.05, 0.1) is 28.6 Å². The minimum Gasteiger partial charge on any atom is -0.478 e. The van der Waals surface area contributed by atoms with E-state index < -0.39 is 17.7 Å². The Hall–Kier alpha value is -2.99. The van der Waals surface area contributed by atoms with Crippen LogP contribution in [0.4, 0.5) is 4.39 Å². The van der Waals surface area contributed by atoms with Gasteiger partial charge in [-0.2, -0.15) is 5.10 Å². The maximum Gasteiger partial charge on any atom is 0.335 e. The number of aromatic nitrogens is 2. The Morgan fingerprint density at radius 1 is 1.00 bits per heavy atom. The Balaban J connectivity index is 1.60. The number of Topliss-reactive ketones (excluding diaryl/α,β-unsaturated/α-hetero) is 1. The molecule has 0 radical (unpaired) electrons. The molecule has 3 aromatic rings. The lowest BCUT2D eigenvalue weighted by Gasteiger charge is -2.31. The zero-order chi connectivity index (χ0) is 25.9. The quantitative estimate of drug-likeness (QED) is 0.336. The van der Waals surface area contributed by atoms with E-state index in [9.17, 15) is 19.1 Å². The van der Waals surface area contributed by atoms with Gasteiger partial charge in [-0.15, -0.1) is 0 Å². The van der Waals surface area contributed by atoms with Crippen molar-refractivity contribution in [3.05, 3.63) is 81.4 Å². The lowest BCUT2D eigenvalue weighted by Crippen LogP contribution is -2.28. The zero-order valence-electron chi connectivity index (χ0n) is 20.9. The second-order valence-corrected chi connectivity index (χ2v) is 10.8. The summed E-state index contributed by atoms with van der Waals surface area (Å²) in [5.41, 5.74) is 4.19. The molecule has 1 atom stereocenters. The third-order valence-corrected chi connectivity index (χ3v) is 8.20. The number of hydrogen-bond donors (Lipinski definition) is 1. The summed E-state index contributed by atoms with van der Waals surface area (Å²) < 4.78 is 16.8. The lowest BCUT2D eigenvalue weighted by molar-refractivity contribution is -0.121. The molecule has 1 heterocycles. The van der Waals surface area contributed by atoms with E-state index in [0.29, 0.717) is 5.02 Å². The van der Waals surface area contributed by atoms with Gasteiger partial charge in [0.15, 0.2) is 0 Å². The third-order valence-electron chi connectivity index (χ3n) is 7.95. The van der Waals surface area contributed by atoms with E-state index in [1.54, 1.807) is 0 Å². The fraction of sp³-hybridized carbons (Fsp3) is 0.433. The number of hydrogen-bond acceptors (Lipinski definition) is 3. The minimum absolute atomic E-state index is 0.0314. The molecular formula is C30H32ClFN2O3. The van der Waals surface area contributed by atoms with E-state index in [1.165, 1.54) is 17.7 Å². The smallest absolute Gasteiger partial charge is 0.335 e. The molecule has 0 amide bonds. The maximum atomic E-state index is 14.9. The van der Waals surface area contributed by atoms with Crippen molar-refractivity contribution in [2.75, 3.05) is 0 Å². The first-order valence-corrected chi connectivity index (χ1v) is 13.7. The number of aryl methyl sites for hydroxylation is 1. The molecule has 2 aliphatic rings. The summed E-state index contributed by atoms with van der Waals surface area (Å²) in [6.45, 7) is 0. The van der Waals surface area contributed by atoms with Crippen LogP contribution in [0.25, 0.3) is 5.69 Å². The van der Waals surface area contributed by atoms with Crippen LogP contribution in [-0.4, -0.2) is 26.6 Å². The highest BCUT2D eigenvalue weighted by Gasteiger charge is 2.37. The number of benzene rings is 2. The molecule has 1 saturated carbocycles. The highest BCUT2D eigenvalue weighted by molar-refractivity contribution is 6.30. The minimum atomic E-state index is -1.19. The summed E-state index contributed by atoms with van der Waals surface area (Å²) in [7, 11) is 0. The molecule has 0 bridgehead atoms. The maximum absolute atomic E-state index is 14.9. The summed E-state index contributed by atoms with van der Waals surface area (Å²) >= 11 is 6.18. The van der Waals surface area contributed by atoms with Crippen LogP contribution in [-0.2, 0) is 24.1 Å². The molecule has 5 rings (SSSR count). The average Bonchev–Trinajstić information content (AvgIpc) is 3.07. The normalized spacial score (nSPS) is 17.1. The monoisotopic (exact) mass is 522 g/mol. The molecule has 7 heteroatoms. The lowest BCUT2D eigenvalue weighted by atomic mass is 9.74. The molecular weight excluding hydrogens is 491 g/mol. The van der Waals surface area contributed by atoms with Crippen molar-refractivity contribution in [3.63, 3.8) is 0 Å². The first kappa shape index (κ1) is 25.7. The highest BCUT2D eigenvalue weighted by atomic mass is 35.5. The van der Waals surface area contributed by atoms with E-state index >= 15 is 0 Å². The number of carboxylic acid groups (broad SMARTS) is 1. The molecule has 2 aromatic carbocycles. The van der Waals surface area contributed by atoms with Crippen LogP contribution < -0.4 is 0 Å². The standard InChI is InChI=1S/C30H32ClFN2O3/c31-22-13-15-23(16-14-22)34-29(24-9-5-2-6-10-26(24)33-34)28(19-7-3-1-4-8-19)27(35)18-20-11-12-21(30(36)37)17-25(20)32/h11-17,19,28H,1-10,18H2,(H,36,37). The van der Waals surface area contributed by atoms with Crippen LogP contribution >= 0.6 is 11.6 Å². The first-order chi connectivity index (χ1) is 17.9. The molecule has 0 saturated heterocycles. The van der Waals surface area contributed by atoms with Gasteiger partial charge in [0.1, 0.15) is 11.6 Å². The van der Waals surface area contributed by atoms with Crippen molar-refractivity contribution in [1.82, 2.24) is 9.78 Å². The topological polar surface area (TPSA) is 72.2 Å². The molecule has 5 nitrogen and oxygen atoms in total. The Bertz CT molecular complexity index is 1290. The zero-order valence-corrected chi connectivity index (χ0v) is 21.6. The van der Waals surface area contributed by atoms with Crippen molar-refractivity contribution < 1.29 is 19.1 Å². The second-order valence-electron chi connectivity index (χ2n) is 10.4. The molecule has 1 fully saturated rings. The number of carbonyl (C=O) groups is 2. The summed E-state index contributed by atoms with van der Waals surface area (Å²) in [4.78, 5) is 25.4. The Kier molecular flexibility index (Phi) is 7.75. The van der Waals surface area contributed by atoms with Gasteiger partial charge in [0.2, 0.25) is 0 Å². The van der Waals surface area contributed by atoms with Crippen LogP contribution in [0.1, 0.15) is 90.2 Å². The van der Waals surface area contributed by atoms with Crippen molar-refractivity contribution in [2.45, 2.75) is 76.5 Å². The Labute approximate surface area is 221 Å². The van der Waals surface area contributed by atoms with Crippen LogP contribution in [0.2, 0.25) is 5.02 Å². The second kappa shape index (κ2) is 11.2. The van der Waals surface area contributed by atoms with Gasteiger partial charge in [0, 0.05) is 11.4 Å². The van der Waals surface area contributed by atoms with E-state index in [2.05, 4.69) is 0 Å². The summed E-state index contributed by atoms with van der Waals surface area (Å²) in [6.07, 6.45) is 10.2. The van der Waals surface area contributed by atoms with Gasteiger partial charge in [-0.1, -0.05) is 43.4 Å². The van der Waals surface area contributed by atoms with Crippen molar-refractivity contribution in [2.24, 2.45) is 5.92 Å². The number of aromatic carboxylic acids is 1. The molecule has 194 valence electrons. The Morgan fingerprint density at radius 2 is 1.70 bits per heavy atom. The van der Waals surface area contributed by atoms with Crippen LogP contribution in [0.15, 0.2) is 42.5 Å². The SMILES string of the molecule is O=C(O)c1ccc(CC(=O)C(c2c3c(nn2-c2ccc(Cl)cc2)CCCCC3)C2CCCCC2)c(F)c1. The third kappa shape index (κ3) is 5.49. The van der Waals surface area contributed by atoms with Gasteiger partial charge in [-0.05, 0) is 92.0 Å². The molecule has 37 heavy (non-hydrogen) atoms. The van der Waals surface area contributed by atoms with Crippen LogP contribution in [0.5, 0.6) is 0 Å². The summed E-state index contributed by atoms with van der Waals surface area (Å²) in [5, 5.41) is 14.9. The highest BCUT2D eigenvalue weighted by Crippen LogP contribution is 2.41. The van der Waals surface area contributed by atoms with Gasteiger partial charge in [-0.25, -0.2) is 13.9 Å². The van der Waals surface area contributed by atoms with E-state index in [-0.39, 0.29) is 29.2 Å². The number of ketones is 1. The number of carboxylic acids is 1. The molecule has 1 aromatic heterocycles. The number of nitrogens with zero attached hydrogens (tertiary/aromatic N) is 2. The predicted octanol–water partition coefficient (Wildman–Crippen LogP) is 7.11. The molecule has 1 unspecified atom stereocenters. The van der Waals surface area contributed by atoms with Gasteiger partial charge < -0.3 is 5.11 Å². The van der Waals surface area contributed by atoms with Crippen LogP contribution in [0, 0.1) is 11.7 Å². The average molecular weight is 523 g/mol. The first-order valence-electron chi connectivity index (χ1n) is 13.3. The summed E-state index contributed by atoms with van der Waals surface area (Å²) in [6, 6.07) is 11.4. The fourth-order valence-electron chi connectivity index (χ4n) is 6.08. The van der Waals surface area contributed by atoms with E-state index in [0.717, 1.165) is 87.3 Å². The molecule has 1 N–H and O–H groups in total. The largest absolute Gasteiger partial charge is 0.478 e. The van der Waals surface area contributed by atoms with E-state index in [4.69, 9.17) is 16.7 Å².